The normalized spacial score (nSPS) is 21.5. The standard InChI is InChI=1S/C18H24N4O3/c1-11(8-19)21(2)9-12-4-3-5-13-14(12)10-22(18(13)25)15-6-7-16(23)20-17(15)24/h3-5,11,15H,6-10,19H2,1-2H3,(H,20,23,24). The van der Waals surface area contributed by atoms with Gasteiger partial charge in [-0.1, -0.05) is 12.1 Å². The molecule has 1 saturated heterocycles. The molecular formula is C18H24N4O3. The second kappa shape index (κ2) is 6.93. The highest BCUT2D eigenvalue weighted by molar-refractivity contribution is 6.05. The molecule has 0 aliphatic carbocycles. The molecule has 1 aromatic rings. The molecule has 2 heterocycles. The van der Waals surface area contributed by atoms with Gasteiger partial charge in [-0.05, 0) is 37.6 Å². The molecule has 3 N–H and O–H groups in total. The molecule has 2 aliphatic heterocycles. The Balaban J connectivity index is 1.82. The van der Waals surface area contributed by atoms with Gasteiger partial charge in [-0.3, -0.25) is 24.6 Å². The summed E-state index contributed by atoms with van der Waals surface area (Å²) in [5.74, 6) is -0.794. The first-order chi connectivity index (χ1) is 11.9. The SMILES string of the molecule is CC(CN)N(C)Cc1cccc2c1CN(C1CCC(=O)NC1=O)C2=O. The molecule has 1 aromatic carbocycles. The van der Waals surface area contributed by atoms with Crippen molar-refractivity contribution in [2.45, 2.75) is 44.9 Å². The average molecular weight is 344 g/mol. The summed E-state index contributed by atoms with van der Waals surface area (Å²) in [6.07, 6.45) is 0.643. The number of carbonyl (C=O) groups is 3. The van der Waals surface area contributed by atoms with E-state index in [1.54, 1.807) is 11.0 Å². The Bertz CT molecular complexity index is 718. The summed E-state index contributed by atoms with van der Waals surface area (Å²) in [4.78, 5) is 40.0. The van der Waals surface area contributed by atoms with Gasteiger partial charge >= 0.3 is 0 Å². The van der Waals surface area contributed by atoms with E-state index in [-0.39, 0.29) is 30.2 Å². The lowest BCUT2D eigenvalue weighted by molar-refractivity contribution is -0.136. The van der Waals surface area contributed by atoms with Gasteiger partial charge in [0, 0.05) is 37.7 Å². The van der Waals surface area contributed by atoms with Gasteiger partial charge in [-0.15, -0.1) is 0 Å². The predicted octanol–water partition coefficient (Wildman–Crippen LogP) is 0.227. The largest absolute Gasteiger partial charge is 0.329 e. The van der Waals surface area contributed by atoms with E-state index in [2.05, 4.69) is 17.1 Å². The van der Waals surface area contributed by atoms with Crippen molar-refractivity contribution in [3.8, 4) is 0 Å². The van der Waals surface area contributed by atoms with Crippen LogP contribution >= 0.6 is 0 Å². The first-order valence-electron chi connectivity index (χ1n) is 8.58. The third-order valence-electron chi connectivity index (χ3n) is 5.19. The van der Waals surface area contributed by atoms with Gasteiger partial charge in [-0.25, -0.2) is 0 Å². The second-order valence-corrected chi connectivity index (χ2v) is 6.84. The van der Waals surface area contributed by atoms with Gasteiger partial charge in [0.2, 0.25) is 11.8 Å². The van der Waals surface area contributed by atoms with Crippen LogP contribution in [-0.4, -0.2) is 53.2 Å². The topological polar surface area (TPSA) is 95.7 Å². The molecule has 0 aromatic heterocycles. The van der Waals surface area contributed by atoms with Crippen LogP contribution in [0.2, 0.25) is 0 Å². The van der Waals surface area contributed by atoms with Crippen molar-refractivity contribution in [1.82, 2.24) is 15.1 Å². The van der Waals surface area contributed by atoms with E-state index in [0.717, 1.165) is 11.1 Å². The number of hydrogen-bond acceptors (Lipinski definition) is 5. The molecule has 3 rings (SSSR count). The highest BCUT2D eigenvalue weighted by atomic mass is 16.2. The van der Waals surface area contributed by atoms with Gasteiger partial charge in [0.1, 0.15) is 6.04 Å². The summed E-state index contributed by atoms with van der Waals surface area (Å²) in [7, 11) is 2.01. The number of carbonyl (C=O) groups excluding carboxylic acids is 3. The van der Waals surface area contributed by atoms with Crippen LogP contribution in [0.5, 0.6) is 0 Å². The Morgan fingerprint density at radius 2 is 2.12 bits per heavy atom. The van der Waals surface area contributed by atoms with Crippen LogP contribution in [0.4, 0.5) is 0 Å². The number of nitrogens with zero attached hydrogens (tertiary/aromatic N) is 2. The highest BCUT2D eigenvalue weighted by Crippen LogP contribution is 2.30. The molecule has 0 saturated carbocycles. The zero-order valence-corrected chi connectivity index (χ0v) is 14.6. The molecule has 25 heavy (non-hydrogen) atoms. The number of nitrogens with two attached hydrogens (primary N) is 1. The Morgan fingerprint density at radius 3 is 2.80 bits per heavy atom. The predicted molar refractivity (Wildman–Crippen MR) is 92.5 cm³/mol. The van der Waals surface area contributed by atoms with Crippen molar-refractivity contribution in [2.75, 3.05) is 13.6 Å². The van der Waals surface area contributed by atoms with E-state index < -0.39 is 6.04 Å². The molecule has 0 spiro atoms. The van der Waals surface area contributed by atoms with E-state index in [4.69, 9.17) is 5.73 Å². The summed E-state index contributed by atoms with van der Waals surface area (Å²) in [5, 5.41) is 2.33. The molecule has 2 aliphatic rings. The molecule has 0 radical (unpaired) electrons. The Labute approximate surface area is 147 Å². The third-order valence-corrected chi connectivity index (χ3v) is 5.19. The smallest absolute Gasteiger partial charge is 0.255 e. The van der Waals surface area contributed by atoms with E-state index in [1.165, 1.54) is 0 Å². The maximum Gasteiger partial charge on any atom is 0.255 e. The van der Waals surface area contributed by atoms with Gasteiger partial charge in [-0.2, -0.15) is 0 Å². The average Bonchev–Trinajstić information content (AvgIpc) is 2.92. The molecule has 0 bridgehead atoms. The van der Waals surface area contributed by atoms with E-state index in [0.29, 0.717) is 31.6 Å². The van der Waals surface area contributed by atoms with Crippen LogP contribution in [0, 0.1) is 0 Å². The summed E-state index contributed by atoms with van der Waals surface area (Å²) >= 11 is 0. The maximum absolute atomic E-state index is 12.8. The van der Waals surface area contributed by atoms with Crippen molar-refractivity contribution in [3.05, 3.63) is 34.9 Å². The number of rotatable bonds is 5. The number of likely N-dealkylation sites (N-methyl/N-ethyl adjacent to an activating group) is 1. The van der Waals surface area contributed by atoms with Crippen molar-refractivity contribution < 1.29 is 14.4 Å². The fraction of sp³-hybridized carbons (Fsp3) is 0.500. The zero-order valence-electron chi connectivity index (χ0n) is 14.6. The molecule has 7 nitrogen and oxygen atoms in total. The van der Waals surface area contributed by atoms with Gasteiger partial charge in [0.05, 0.1) is 0 Å². The molecule has 7 heteroatoms. The lowest BCUT2D eigenvalue weighted by atomic mass is 10.0. The van der Waals surface area contributed by atoms with E-state index >= 15 is 0 Å². The van der Waals surface area contributed by atoms with Crippen molar-refractivity contribution >= 4 is 17.7 Å². The van der Waals surface area contributed by atoms with Crippen LogP contribution in [0.25, 0.3) is 0 Å². The number of fused-ring (bicyclic) bond motifs is 1. The Morgan fingerprint density at radius 1 is 1.36 bits per heavy atom. The Kier molecular flexibility index (Phi) is 4.87. The van der Waals surface area contributed by atoms with Crippen LogP contribution in [0.1, 0.15) is 41.3 Å². The first kappa shape index (κ1) is 17.6. The number of imide groups is 1. The van der Waals surface area contributed by atoms with Crippen LogP contribution in [0.15, 0.2) is 18.2 Å². The summed E-state index contributed by atoms with van der Waals surface area (Å²) in [6, 6.07) is 5.35. The van der Waals surface area contributed by atoms with Crippen LogP contribution in [-0.2, 0) is 22.7 Å². The van der Waals surface area contributed by atoms with Crippen molar-refractivity contribution in [1.29, 1.82) is 0 Å². The molecule has 2 atom stereocenters. The minimum absolute atomic E-state index is 0.138. The number of benzene rings is 1. The monoisotopic (exact) mass is 344 g/mol. The lowest BCUT2D eigenvalue weighted by Crippen LogP contribution is -2.52. The Hall–Kier alpha value is -2.25. The van der Waals surface area contributed by atoms with Crippen LogP contribution in [0.3, 0.4) is 0 Å². The second-order valence-electron chi connectivity index (χ2n) is 6.84. The van der Waals surface area contributed by atoms with Crippen molar-refractivity contribution in [3.63, 3.8) is 0 Å². The van der Waals surface area contributed by atoms with Gasteiger partial charge in [0.25, 0.3) is 5.91 Å². The number of hydrogen-bond donors (Lipinski definition) is 2. The molecule has 2 unspecified atom stereocenters. The lowest BCUT2D eigenvalue weighted by Gasteiger charge is -2.29. The minimum atomic E-state index is -0.578. The zero-order chi connectivity index (χ0) is 18.1. The minimum Gasteiger partial charge on any atom is -0.329 e. The summed E-state index contributed by atoms with van der Waals surface area (Å²) in [5.41, 5.74) is 8.42. The summed E-state index contributed by atoms with van der Waals surface area (Å²) < 4.78 is 0. The third kappa shape index (κ3) is 3.29. The molecular weight excluding hydrogens is 320 g/mol. The molecule has 134 valence electrons. The van der Waals surface area contributed by atoms with E-state index in [9.17, 15) is 14.4 Å². The van der Waals surface area contributed by atoms with Gasteiger partial charge < -0.3 is 10.6 Å². The van der Waals surface area contributed by atoms with Gasteiger partial charge in [0.15, 0.2) is 0 Å². The quantitative estimate of drug-likeness (QED) is 0.746. The first-order valence-corrected chi connectivity index (χ1v) is 8.58. The van der Waals surface area contributed by atoms with Crippen molar-refractivity contribution in [2.24, 2.45) is 5.73 Å². The van der Waals surface area contributed by atoms with Crippen LogP contribution < -0.4 is 11.1 Å². The molecule has 3 amide bonds. The molecule has 1 fully saturated rings. The fourth-order valence-corrected chi connectivity index (χ4v) is 3.40. The summed E-state index contributed by atoms with van der Waals surface area (Å²) in [6.45, 7) is 3.72. The number of nitrogens with one attached hydrogen (secondary N) is 1. The number of piperidine rings is 1. The van der Waals surface area contributed by atoms with E-state index in [1.807, 2.05) is 19.2 Å². The maximum atomic E-state index is 12.8. The fourth-order valence-electron chi connectivity index (χ4n) is 3.40. The number of amides is 3. The highest BCUT2D eigenvalue weighted by Gasteiger charge is 2.39.